The molecule has 1 aliphatic carbocycles. The van der Waals surface area contributed by atoms with Gasteiger partial charge in [-0.15, -0.1) is 11.6 Å². The molecule has 9 nitrogen and oxygen atoms in total. The number of fused-ring (bicyclic) bond motifs is 2. The average molecular weight is 499 g/mol. The van der Waals surface area contributed by atoms with E-state index in [9.17, 15) is 24.6 Å². The van der Waals surface area contributed by atoms with E-state index in [-0.39, 0.29) is 12.0 Å². The van der Waals surface area contributed by atoms with Gasteiger partial charge in [0.05, 0.1) is 22.8 Å². The number of alkyl halides is 1. The molecule has 10 heteroatoms. The lowest BCUT2D eigenvalue weighted by Gasteiger charge is -2.61. The molecule has 0 aromatic rings. The minimum Gasteiger partial charge on any atom is -0.462 e. The molecule has 4 aliphatic rings. The van der Waals surface area contributed by atoms with Gasteiger partial charge in [0.2, 0.25) is 0 Å². The molecule has 10 atom stereocenters. The Bertz CT molecular complexity index is 964. The molecule has 0 aromatic heterocycles. The molecule has 4 rings (SSSR count). The predicted molar refractivity (Wildman–Crippen MR) is 118 cm³/mol. The molecule has 3 aliphatic heterocycles. The Labute approximate surface area is 203 Å². The quantitative estimate of drug-likeness (QED) is 0.253. The molecule has 0 amide bonds. The molecule has 2 N–H and O–H groups in total. The van der Waals surface area contributed by atoms with Crippen LogP contribution in [0.4, 0.5) is 0 Å². The molecule has 0 unspecified atom stereocenters. The number of hydrogen-bond donors (Lipinski definition) is 2. The molecule has 34 heavy (non-hydrogen) atoms. The highest BCUT2D eigenvalue weighted by Gasteiger charge is 2.75. The van der Waals surface area contributed by atoms with E-state index in [1.807, 2.05) is 0 Å². The van der Waals surface area contributed by atoms with Crippen LogP contribution >= 0.6 is 11.6 Å². The Morgan fingerprint density at radius 3 is 2.35 bits per heavy atom. The molecular formula is C24H31ClO9. The second-order valence-corrected chi connectivity index (χ2v) is 10.6. The fourth-order valence-corrected chi connectivity index (χ4v) is 6.90. The van der Waals surface area contributed by atoms with Crippen molar-refractivity contribution in [2.45, 2.75) is 88.1 Å². The van der Waals surface area contributed by atoms with Crippen LogP contribution in [0.1, 0.15) is 47.0 Å². The fraction of sp³-hybridized carbons (Fsp3) is 0.708. The van der Waals surface area contributed by atoms with Crippen LogP contribution in [0.3, 0.4) is 0 Å². The lowest BCUT2D eigenvalue weighted by molar-refractivity contribution is -0.343. The fourth-order valence-electron chi connectivity index (χ4n) is 6.48. The van der Waals surface area contributed by atoms with Crippen molar-refractivity contribution in [2.24, 2.45) is 17.3 Å². The van der Waals surface area contributed by atoms with Gasteiger partial charge >= 0.3 is 17.9 Å². The van der Waals surface area contributed by atoms with Crippen LogP contribution in [0.5, 0.6) is 0 Å². The van der Waals surface area contributed by atoms with Crippen LogP contribution in [-0.2, 0) is 33.3 Å². The summed E-state index contributed by atoms with van der Waals surface area (Å²) in [6.45, 7) is 13.8. The Hall–Kier alpha value is -1.94. The largest absolute Gasteiger partial charge is 0.462 e. The van der Waals surface area contributed by atoms with Crippen molar-refractivity contribution < 1.29 is 43.5 Å². The lowest BCUT2D eigenvalue weighted by Crippen LogP contribution is -2.74. The van der Waals surface area contributed by atoms with Crippen LogP contribution in [0.25, 0.3) is 0 Å². The van der Waals surface area contributed by atoms with Crippen LogP contribution in [0.2, 0.25) is 0 Å². The van der Waals surface area contributed by atoms with E-state index in [1.165, 1.54) is 13.8 Å². The molecule has 3 heterocycles. The van der Waals surface area contributed by atoms with Gasteiger partial charge in [-0.3, -0.25) is 14.4 Å². The zero-order valence-corrected chi connectivity index (χ0v) is 20.5. The summed E-state index contributed by atoms with van der Waals surface area (Å²) in [5.74, 6) is -5.83. The lowest BCUT2D eigenvalue weighted by atomic mass is 9.53. The highest BCUT2D eigenvalue weighted by molar-refractivity contribution is 6.23. The first-order chi connectivity index (χ1) is 15.7. The minimum atomic E-state index is -2.17. The minimum absolute atomic E-state index is 0.0155. The third-order valence-corrected chi connectivity index (χ3v) is 8.74. The third-order valence-electron chi connectivity index (χ3n) is 8.25. The standard InChI is InChI=1S/C24H31ClO9/c1-10-7-8-15(31-13(4)26)22(6)16(32-14(5)27)9-23(30)11(2)18(25)20-24(34-23,19(28)17(10)22)12(3)21(29)33-20/h12,15-20,28,30H,1-2,7-9H2,3-6H3/t12-,15-,16-,17+,18-,19-,20-,22+,23-,24+/m0/s1. The molecule has 0 aromatic carbocycles. The predicted octanol–water partition coefficient (Wildman–Crippen LogP) is 1.77. The Balaban J connectivity index is 1.98. The number of halogens is 1. The highest BCUT2D eigenvalue weighted by Crippen LogP contribution is 2.61. The van der Waals surface area contributed by atoms with Gasteiger partial charge < -0.3 is 29.2 Å². The SMILES string of the molecule is C=C1CC[C@H](OC(C)=O)[C@]2(C)[C@@H](OC(C)=O)C[C@]3(O)O[C@]4([C@@H](C)C(=O)O[C@H]4[C@@H](Cl)C3=C)[C@@H](O)[C@@H]12. The van der Waals surface area contributed by atoms with Crippen molar-refractivity contribution in [3.05, 3.63) is 24.3 Å². The monoisotopic (exact) mass is 498 g/mol. The summed E-state index contributed by atoms with van der Waals surface area (Å²) in [5.41, 5.74) is -2.35. The van der Waals surface area contributed by atoms with Crippen LogP contribution in [0, 0.1) is 17.3 Å². The van der Waals surface area contributed by atoms with Crippen molar-refractivity contribution in [3.63, 3.8) is 0 Å². The zero-order chi connectivity index (χ0) is 25.4. The smallest absolute Gasteiger partial charge is 0.312 e. The van der Waals surface area contributed by atoms with Crippen LogP contribution in [0.15, 0.2) is 24.3 Å². The molecule has 2 bridgehead atoms. The van der Waals surface area contributed by atoms with Crippen molar-refractivity contribution in [1.82, 2.24) is 0 Å². The summed E-state index contributed by atoms with van der Waals surface area (Å²) in [6.07, 6.45) is -4.01. The van der Waals surface area contributed by atoms with Gasteiger partial charge in [0.25, 0.3) is 0 Å². The number of esters is 3. The summed E-state index contributed by atoms with van der Waals surface area (Å²) >= 11 is 6.65. The number of ether oxygens (including phenoxy) is 4. The van der Waals surface area contributed by atoms with Gasteiger partial charge in [-0.1, -0.05) is 25.7 Å². The summed E-state index contributed by atoms with van der Waals surface area (Å²) in [7, 11) is 0. The van der Waals surface area contributed by atoms with Crippen LogP contribution < -0.4 is 0 Å². The summed E-state index contributed by atoms with van der Waals surface area (Å²) in [4.78, 5) is 36.9. The van der Waals surface area contributed by atoms with Crippen molar-refractivity contribution >= 4 is 29.5 Å². The number of carbonyl (C=O) groups excluding carboxylic acids is 3. The number of aliphatic hydroxyl groups is 2. The van der Waals surface area contributed by atoms with E-state index >= 15 is 0 Å². The molecule has 3 saturated heterocycles. The molecule has 4 fully saturated rings. The van der Waals surface area contributed by atoms with Crippen molar-refractivity contribution in [1.29, 1.82) is 0 Å². The van der Waals surface area contributed by atoms with Gasteiger partial charge in [-0.05, 0) is 19.8 Å². The van der Waals surface area contributed by atoms with Crippen molar-refractivity contribution in [2.75, 3.05) is 0 Å². The second kappa shape index (κ2) is 8.05. The molecule has 1 spiro atoms. The van der Waals surface area contributed by atoms with E-state index in [4.69, 9.17) is 30.5 Å². The maximum absolute atomic E-state index is 12.7. The number of carbonyl (C=O) groups is 3. The van der Waals surface area contributed by atoms with Gasteiger partial charge in [0.15, 0.2) is 11.9 Å². The van der Waals surface area contributed by atoms with E-state index in [0.717, 1.165) is 0 Å². The van der Waals surface area contributed by atoms with Crippen LogP contribution in [-0.4, -0.2) is 69.3 Å². The molecule has 1 saturated carbocycles. The zero-order valence-electron chi connectivity index (χ0n) is 19.7. The Morgan fingerprint density at radius 2 is 1.76 bits per heavy atom. The van der Waals surface area contributed by atoms with E-state index in [0.29, 0.717) is 18.4 Å². The van der Waals surface area contributed by atoms with Gasteiger partial charge in [0, 0.05) is 31.8 Å². The first-order valence-electron chi connectivity index (χ1n) is 11.4. The van der Waals surface area contributed by atoms with E-state index < -0.39 is 76.3 Å². The summed E-state index contributed by atoms with van der Waals surface area (Å²) in [5, 5.41) is 22.7. The molecule has 188 valence electrons. The topological polar surface area (TPSA) is 129 Å². The first-order valence-corrected chi connectivity index (χ1v) is 11.8. The molecular weight excluding hydrogens is 468 g/mol. The molecule has 0 radical (unpaired) electrons. The highest BCUT2D eigenvalue weighted by atomic mass is 35.5. The number of aliphatic hydroxyl groups excluding tert-OH is 1. The Kier molecular flexibility index (Phi) is 5.95. The maximum atomic E-state index is 12.7. The number of rotatable bonds is 2. The van der Waals surface area contributed by atoms with Gasteiger partial charge in [0.1, 0.15) is 17.8 Å². The Morgan fingerprint density at radius 1 is 1.18 bits per heavy atom. The van der Waals surface area contributed by atoms with E-state index in [1.54, 1.807) is 13.8 Å². The van der Waals surface area contributed by atoms with E-state index in [2.05, 4.69) is 13.2 Å². The third kappa shape index (κ3) is 3.27. The normalized spacial score (nSPS) is 48.1. The van der Waals surface area contributed by atoms with Gasteiger partial charge in [-0.2, -0.15) is 0 Å². The van der Waals surface area contributed by atoms with Gasteiger partial charge in [-0.25, -0.2) is 0 Å². The average Bonchev–Trinajstić information content (AvgIpc) is 2.98. The summed E-state index contributed by atoms with van der Waals surface area (Å²) < 4.78 is 23.1. The number of hydrogen-bond acceptors (Lipinski definition) is 9. The summed E-state index contributed by atoms with van der Waals surface area (Å²) in [6, 6.07) is 0. The first kappa shape index (κ1) is 25.2. The second-order valence-electron chi connectivity index (χ2n) is 10.1. The maximum Gasteiger partial charge on any atom is 0.312 e. The van der Waals surface area contributed by atoms with Crippen molar-refractivity contribution in [3.8, 4) is 0 Å².